The highest BCUT2D eigenvalue weighted by atomic mass is 35.5. The van der Waals surface area contributed by atoms with Gasteiger partial charge in [-0.3, -0.25) is 4.79 Å². The quantitative estimate of drug-likeness (QED) is 0.825. The molecule has 7 heteroatoms. The van der Waals surface area contributed by atoms with Crippen LogP contribution >= 0.6 is 11.6 Å². The molecule has 0 radical (unpaired) electrons. The molecule has 24 heavy (non-hydrogen) atoms. The summed E-state index contributed by atoms with van der Waals surface area (Å²) in [4.78, 5) is 11.9. The van der Waals surface area contributed by atoms with Gasteiger partial charge >= 0.3 is 0 Å². The van der Waals surface area contributed by atoms with Crippen LogP contribution in [0.1, 0.15) is 16.7 Å². The number of aryl methyl sites for hydroxylation is 2. The van der Waals surface area contributed by atoms with Crippen molar-refractivity contribution in [2.75, 3.05) is 6.54 Å². The number of hydrogen-bond acceptors (Lipinski definition) is 3. The molecule has 2 aromatic carbocycles. The van der Waals surface area contributed by atoms with E-state index in [1.54, 1.807) is 6.92 Å². The Kier molecular flexibility index (Phi) is 5.99. The van der Waals surface area contributed by atoms with Gasteiger partial charge < -0.3 is 5.32 Å². The number of hydrogen-bond donors (Lipinski definition) is 2. The summed E-state index contributed by atoms with van der Waals surface area (Å²) in [5.74, 6) is -0.398. The molecule has 0 aromatic heterocycles. The lowest BCUT2D eigenvalue weighted by Gasteiger charge is -2.09. The van der Waals surface area contributed by atoms with E-state index < -0.39 is 15.9 Å². The van der Waals surface area contributed by atoms with E-state index in [4.69, 9.17) is 11.6 Å². The van der Waals surface area contributed by atoms with Crippen molar-refractivity contribution in [3.8, 4) is 0 Å². The zero-order valence-corrected chi connectivity index (χ0v) is 15.0. The molecule has 0 atom stereocenters. The van der Waals surface area contributed by atoms with E-state index in [1.165, 1.54) is 18.2 Å². The number of amides is 1. The van der Waals surface area contributed by atoms with Crippen LogP contribution in [-0.2, 0) is 21.4 Å². The Morgan fingerprint density at radius 3 is 2.38 bits per heavy atom. The summed E-state index contributed by atoms with van der Waals surface area (Å²) in [6.07, 6.45) is 0. The summed E-state index contributed by atoms with van der Waals surface area (Å²) in [6.45, 7) is 3.72. The van der Waals surface area contributed by atoms with Crippen LogP contribution < -0.4 is 10.0 Å². The number of halogens is 1. The predicted octanol–water partition coefficient (Wildman–Crippen LogP) is 2.55. The van der Waals surface area contributed by atoms with E-state index in [0.29, 0.717) is 17.1 Å². The van der Waals surface area contributed by atoms with E-state index in [0.717, 1.165) is 11.1 Å². The number of rotatable bonds is 6. The van der Waals surface area contributed by atoms with E-state index in [2.05, 4.69) is 10.0 Å². The lowest BCUT2D eigenvalue weighted by molar-refractivity contribution is -0.120. The highest BCUT2D eigenvalue weighted by Gasteiger charge is 2.16. The first kappa shape index (κ1) is 18.4. The van der Waals surface area contributed by atoms with Gasteiger partial charge in [0.1, 0.15) is 0 Å². The third kappa shape index (κ3) is 5.06. The van der Waals surface area contributed by atoms with Gasteiger partial charge in [-0.1, -0.05) is 41.4 Å². The average molecular weight is 367 g/mol. The summed E-state index contributed by atoms with van der Waals surface area (Å²) in [5, 5.41) is 3.17. The van der Waals surface area contributed by atoms with E-state index >= 15 is 0 Å². The van der Waals surface area contributed by atoms with Gasteiger partial charge in [0.25, 0.3) is 0 Å². The van der Waals surface area contributed by atoms with Crippen LogP contribution in [0.4, 0.5) is 0 Å². The number of nitrogens with one attached hydrogen (secondary N) is 2. The molecule has 0 bridgehead atoms. The Balaban J connectivity index is 1.90. The van der Waals surface area contributed by atoms with Crippen molar-refractivity contribution >= 4 is 27.5 Å². The van der Waals surface area contributed by atoms with Crippen molar-refractivity contribution < 1.29 is 13.2 Å². The van der Waals surface area contributed by atoms with Gasteiger partial charge in [0.2, 0.25) is 15.9 Å². The summed E-state index contributed by atoms with van der Waals surface area (Å²) in [5.41, 5.74) is 2.74. The van der Waals surface area contributed by atoms with Gasteiger partial charge in [0.05, 0.1) is 11.4 Å². The molecule has 0 aliphatic rings. The molecule has 2 aromatic rings. The van der Waals surface area contributed by atoms with Crippen molar-refractivity contribution in [3.05, 3.63) is 64.2 Å². The highest BCUT2D eigenvalue weighted by Crippen LogP contribution is 2.19. The fourth-order valence-electron chi connectivity index (χ4n) is 2.00. The molecule has 0 heterocycles. The molecule has 0 unspecified atom stereocenters. The second kappa shape index (κ2) is 7.79. The van der Waals surface area contributed by atoms with Crippen LogP contribution in [-0.4, -0.2) is 20.9 Å². The van der Waals surface area contributed by atoms with Crippen LogP contribution in [0.25, 0.3) is 0 Å². The largest absolute Gasteiger partial charge is 0.351 e. The average Bonchev–Trinajstić information content (AvgIpc) is 2.55. The first-order valence-corrected chi connectivity index (χ1v) is 9.22. The van der Waals surface area contributed by atoms with Gasteiger partial charge in [0, 0.05) is 11.6 Å². The minimum Gasteiger partial charge on any atom is -0.351 e. The highest BCUT2D eigenvalue weighted by molar-refractivity contribution is 7.89. The fraction of sp³-hybridized carbons (Fsp3) is 0.235. The Bertz CT molecular complexity index is 833. The maximum Gasteiger partial charge on any atom is 0.241 e. The second-order valence-corrected chi connectivity index (χ2v) is 7.67. The van der Waals surface area contributed by atoms with Gasteiger partial charge in [0.15, 0.2) is 0 Å². The van der Waals surface area contributed by atoms with Crippen LogP contribution in [0.15, 0.2) is 47.4 Å². The molecule has 0 aliphatic carbocycles. The van der Waals surface area contributed by atoms with Crippen LogP contribution in [0.3, 0.4) is 0 Å². The monoisotopic (exact) mass is 366 g/mol. The lowest BCUT2D eigenvalue weighted by atomic mass is 10.1. The molecule has 1 amide bonds. The molecule has 0 aliphatic heterocycles. The SMILES string of the molecule is Cc1ccc(CNC(=O)CNS(=O)(=O)c2ccc(Cl)c(C)c2)cc1. The molecule has 0 spiro atoms. The molecular formula is C17H19ClN2O3S. The molecule has 0 fully saturated rings. The summed E-state index contributed by atoms with van der Waals surface area (Å²) in [6, 6.07) is 12.1. The standard InChI is InChI=1S/C17H19ClN2O3S/c1-12-3-5-14(6-4-12)10-19-17(21)11-20-24(22,23)15-7-8-16(18)13(2)9-15/h3-9,20H,10-11H2,1-2H3,(H,19,21). The molecular weight excluding hydrogens is 348 g/mol. The van der Waals surface area contributed by atoms with Crippen LogP contribution in [0, 0.1) is 13.8 Å². The minimum absolute atomic E-state index is 0.0794. The summed E-state index contributed by atoms with van der Waals surface area (Å²) < 4.78 is 26.6. The third-order valence-electron chi connectivity index (χ3n) is 3.47. The van der Waals surface area contributed by atoms with Crippen molar-refractivity contribution in [3.63, 3.8) is 0 Å². The molecule has 0 saturated heterocycles. The smallest absolute Gasteiger partial charge is 0.241 e. The predicted molar refractivity (Wildman–Crippen MR) is 94.4 cm³/mol. The molecule has 5 nitrogen and oxygen atoms in total. The zero-order chi connectivity index (χ0) is 17.7. The number of benzene rings is 2. The Morgan fingerprint density at radius 2 is 1.75 bits per heavy atom. The number of carbonyl (C=O) groups excluding carboxylic acids is 1. The zero-order valence-electron chi connectivity index (χ0n) is 13.5. The van der Waals surface area contributed by atoms with Crippen molar-refractivity contribution in [1.29, 1.82) is 0 Å². The third-order valence-corrected chi connectivity index (χ3v) is 5.30. The lowest BCUT2D eigenvalue weighted by Crippen LogP contribution is -2.36. The Hall–Kier alpha value is -1.89. The summed E-state index contributed by atoms with van der Waals surface area (Å²) >= 11 is 5.89. The number of sulfonamides is 1. The van der Waals surface area contributed by atoms with Crippen LogP contribution in [0.2, 0.25) is 5.02 Å². The van der Waals surface area contributed by atoms with Crippen molar-refractivity contribution in [2.24, 2.45) is 0 Å². The van der Waals surface area contributed by atoms with Crippen molar-refractivity contribution in [2.45, 2.75) is 25.3 Å². The maximum atomic E-state index is 12.2. The Morgan fingerprint density at radius 1 is 1.08 bits per heavy atom. The van der Waals surface area contributed by atoms with Gasteiger partial charge in [-0.25, -0.2) is 13.1 Å². The molecule has 2 N–H and O–H groups in total. The fourth-order valence-corrected chi connectivity index (χ4v) is 3.18. The van der Waals surface area contributed by atoms with Gasteiger partial charge in [-0.05, 0) is 43.2 Å². The molecule has 2 rings (SSSR count). The van der Waals surface area contributed by atoms with E-state index in [-0.39, 0.29) is 11.4 Å². The van der Waals surface area contributed by atoms with Gasteiger partial charge in [-0.2, -0.15) is 0 Å². The van der Waals surface area contributed by atoms with E-state index in [1.807, 2.05) is 31.2 Å². The normalized spacial score (nSPS) is 11.3. The number of carbonyl (C=O) groups is 1. The second-order valence-electron chi connectivity index (χ2n) is 5.50. The van der Waals surface area contributed by atoms with Crippen LogP contribution in [0.5, 0.6) is 0 Å². The van der Waals surface area contributed by atoms with E-state index in [9.17, 15) is 13.2 Å². The van der Waals surface area contributed by atoms with Crippen molar-refractivity contribution in [1.82, 2.24) is 10.0 Å². The summed E-state index contributed by atoms with van der Waals surface area (Å²) in [7, 11) is -3.75. The molecule has 0 saturated carbocycles. The first-order valence-electron chi connectivity index (χ1n) is 7.36. The first-order chi connectivity index (χ1) is 11.3. The molecule has 128 valence electrons. The minimum atomic E-state index is -3.75. The van der Waals surface area contributed by atoms with Gasteiger partial charge in [-0.15, -0.1) is 0 Å². The topological polar surface area (TPSA) is 75.3 Å². The maximum absolute atomic E-state index is 12.2. The Labute approximate surface area is 147 Å².